The molecular formula is C8H13N3O2. The molecular weight excluding hydrogens is 170 g/mol. The Kier molecular flexibility index (Phi) is 3.02. The summed E-state index contributed by atoms with van der Waals surface area (Å²) in [5.74, 6) is -1.03. The average Bonchev–Trinajstić information content (AvgIpc) is 2.52. The van der Waals surface area contributed by atoms with Crippen LogP contribution in [0.2, 0.25) is 0 Å². The van der Waals surface area contributed by atoms with Gasteiger partial charge in [0.05, 0.1) is 6.20 Å². The smallest absolute Gasteiger partial charge is 0.325 e. The Labute approximate surface area is 76.2 Å². The largest absolute Gasteiger partial charge is 0.480 e. The maximum absolute atomic E-state index is 10.5. The highest BCUT2D eigenvalue weighted by Crippen LogP contribution is 2.08. The number of rotatable bonds is 4. The molecule has 1 atom stereocenters. The van der Waals surface area contributed by atoms with E-state index in [2.05, 4.69) is 5.10 Å². The van der Waals surface area contributed by atoms with Gasteiger partial charge in [-0.05, 0) is 6.42 Å². The van der Waals surface area contributed by atoms with E-state index in [1.54, 1.807) is 10.9 Å². The first-order chi connectivity index (χ1) is 6.15. The minimum Gasteiger partial charge on any atom is -0.480 e. The van der Waals surface area contributed by atoms with E-state index in [1.807, 2.05) is 6.92 Å². The maximum Gasteiger partial charge on any atom is 0.325 e. The highest BCUT2D eigenvalue weighted by Gasteiger charge is 2.15. The van der Waals surface area contributed by atoms with Crippen LogP contribution in [0.25, 0.3) is 0 Å². The van der Waals surface area contributed by atoms with E-state index in [-0.39, 0.29) is 0 Å². The number of aliphatic carboxylic acids is 1. The van der Waals surface area contributed by atoms with Crippen LogP contribution < -0.4 is 5.73 Å². The van der Waals surface area contributed by atoms with Crippen molar-refractivity contribution >= 4 is 5.97 Å². The van der Waals surface area contributed by atoms with Crippen LogP contribution in [0.1, 0.15) is 24.9 Å². The molecule has 0 aliphatic carbocycles. The first-order valence-electron chi connectivity index (χ1n) is 4.16. The van der Waals surface area contributed by atoms with Gasteiger partial charge in [0, 0.05) is 18.3 Å². The molecule has 0 radical (unpaired) electrons. The van der Waals surface area contributed by atoms with Crippen molar-refractivity contribution < 1.29 is 9.90 Å². The van der Waals surface area contributed by atoms with E-state index in [9.17, 15) is 4.79 Å². The second-order valence-corrected chi connectivity index (χ2v) is 2.85. The van der Waals surface area contributed by atoms with E-state index >= 15 is 0 Å². The summed E-state index contributed by atoms with van der Waals surface area (Å²) in [6.45, 7) is 2.81. The van der Waals surface area contributed by atoms with Crippen molar-refractivity contribution in [2.24, 2.45) is 5.73 Å². The molecule has 72 valence electrons. The minimum absolute atomic E-state index is 0.543. The van der Waals surface area contributed by atoms with Gasteiger partial charge in [0.1, 0.15) is 6.04 Å². The van der Waals surface area contributed by atoms with Crippen molar-refractivity contribution in [3.63, 3.8) is 0 Å². The Hall–Kier alpha value is -1.36. The number of hydrogen-bond acceptors (Lipinski definition) is 3. The SMILES string of the molecule is CCCn1cc(C(N)C(=O)O)cn1. The van der Waals surface area contributed by atoms with Crippen molar-refractivity contribution in [1.29, 1.82) is 0 Å². The van der Waals surface area contributed by atoms with Gasteiger partial charge in [0.2, 0.25) is 0 Å². The summed E-state index contributed by atoms with van der Waals surface area (Å²) in [5.41, 5.74) is 5.94. The first kappa shape index (κ1) is 9.73. The molecule has 1 heterocycles. The summed E-state index contributed by atoms with van der Waals surface area (Å²) < 4.78 is 1.69. The Morgan fingerprint density at radius 3 is 3.08 bits per heavy atom. The highest BCUT2D eigenvalue weighted by molar-refractivity contribution is 5.74. The lowest BCUT2D eigenvalue weighted by atomic mass is 10.2. The molecule has 5 nitrogen and oxygen atoms in total. The molecule has 0 aliphatic heterocycles. The molecule has 0 spiro atoms. The van der Waals surface area contributed by atoms with Crippen LogP contribution >= 0.6 is 0 Å². The first-order valence-corrected chi connectivity index (χ1v) is 4.16. The fourth-order valence-electron chi connectivity index (χ4n) is 1.03. The van der Waals surface area contributed by atoms with Crippen molar-refractivity contribution in [1.82, 2.24) is 9.78 Å². The van der Waals surface area contributed by atoms with Gasteiger partial charge in [-0.25, -0.2) is 0 Å². The van der Waals surface area contributed by atoms with Crippen LogP contribution in [-0.4, -0.2) is 20.9 Å². The number of nitrogens with zero attached hydrogens (tertiary/aromatic N) is 2. The number of aromatic nitrogens is 2. The number of hydrogen-bond donors (Lipinski definition) is 2. The van der Waals surface area contributed by atoms with Crippen LogP contribution in [0.5, 0.6) is 0 Å². The Morgan fingerprint density at radius 1 is 1.85 bits per heavy atom. The monoisotopic (exact) mass is 183 g/mol. The summed E-state index contributed by atoms with van der Waals surface area (Å²) in [6, 6.07) is -0.967. The molecule has 1 aromatic heterocycles. The molecule has 0 aliphatic rings. The van der Waals surface area contributed by atoms with Crippen molar-refractivity contribution in [2.75, 3.05) is 0 Å². The Morgan fingerprint density at radius 2 is 2.54 bits per heavy atom. The fraction of sp³-hybridized carbons (Fsp3) is 0.500. The summed E-state index contributed by atoms with van der Waals surface area (Å²) in [7, 11) is 0. The zero-order valence-corrected chi connectivity index (χ0v) is 7.47. The van der Waals surface area contributed by atoms with Crippen molar-refractivity contribution in [2.45, 2.75) is 25.9 Å². The van der Waals surface area contributed by atoms with Gasteiger partial charge in [0.25, 0.3) is 0 Å². The number of carboxylic acid groups (broad SMARTS) is 1. The highest BCUT2D eigenvalue weighted by atomic mass is 16.4. The lowest BCUT2D eigenvalue weighted by Crippen LogP contribution is -2.19. The molecule has 5 heteroatoms. The molecule has 1 aromatic rings. The third kappa shape index (κ3) is 2.29. The van der Waals surface area contributed by atoms with Crippen LogP contribution in [0, 0.1) is 0 Å². The molecule has 0 saturated carbocycles. The predicted octanol–water partition coefficient (Wildman–Crippen LogP) is 0.377. The lowest BCUT2D eigenvalue weighted by molar-refractivity contribution is -0.138. The van der Waals surface area contributed by atoms with Crippen molar-refractivity contribution in [3.8, 4) is 0 Å². The fourth-order valence-corrected chi connectivity index (χ4v) is 1.03. The van der Waals surface area contributed by atoms with Crippen LogP contribution in [-0.2, 0) is 11.3 Å². The van der Waals surface area contributed by atoms with Crippen LogP contribution in [0.3, 0.4) is 0 Å². The second-order valence-electron chi connectivity index (χ2n) is 2.85. The zero-order valence-electron chi connectivity index (χ0n) is 7.47. The van der Waals surface area contributed by atoms with Gasteiger partial charge in [-0.15, -0.1) is 0 Å². The van der Waals surface area contributed by atoms with Gasteiger partial charge in [-0.3, -0.25) is 9.48 Å². The molecule has 1 rings (SSSR count). The molecule has 0 amide bonds. The van der Waals surface area contributed by atoms with E-state index in [4.69, 9.17) is 10.8 Å². The van der Waals surface area contributed by atoms with Gasteiger partial charge in [-0.2, -0.15) is 5.10 Å². The molecule has 13 heavy (non-hydrogen) atoms. The molecule has 3 N–H and O–H groups in total. The standard InChI is InChI=1S/C8H13N3O2/c1-2-3-11-5-6(4-10-11)7(9)8(12)13/h4-5,7H,2-3,9H2,1H3,(H,12,13). The number of carbonyl (C=O) groups is 1. The van der Waals surface area contributed by atoms with E-state index in [1.165, 1.54) is 6.20 Å². The third-order valence-electron chi connectivity index (χ3n) is 1.73. The molecule has 0 saturated heterocycles. The van der Waals surface area contributed by atoms with Crippen LogP contribution in [0.4, 0.5) is 0 Å². The molecule has 0 aromatic carbocycles. The molecule has 0 bridgehead atoms. The maximum atomic E-state index is 10.5. The summed E-state index contributed by atoms with van der Waals surface area (Å²) in [6.07, 6.45) is 4.13. The zero-order chi connectivity index (χ0) is 9.84. The summed E-state index contributed by atoms with van der Waals surface area (Å²) >= 11 is 0. The normalized spacial score (nSPS) is 12.8. The number of aryl methyl sites for hydroxylation is 1. The van der Waals surface area contributed by atoms with E-state index in [0.717, 1.165) is 13.0 Å². The molecule has 1 unspecified atom stereocenters. The minimum atomic E-state index is -1.03. The van der Waals surface area contributed by atoms with E-state index < -0.39 is 12.0 Å². The number of carboxylic acids is 1. The topological polar surface area (TPSA) is 81.1 Å². The van der Waals surface area contributed by atoms with Gasteiger partial charge >= 0.3 is 5.97 Å². The third-order valence-corrected chi connectivity index (χ3v) is 1.73. The van der Waals surface area contributed by atoms with Gasteiger partial charge in [0.15, 0.2) is 0 Å². The van der Waals surface area contributed by atoms with Gasteiger partial charge < -0.3 is 10.8 Å². The summed E-state index contributed by atoms with van der Waals surface area (Å²) in [4.78, 5) is 10.5. The predicted molar refractivity (Wildman–Crippen MR) is 47.1 cm³/mol. The number of nitrogens with two attached hydrogens (primary N) is 1. The van der Waals surface area contributed by atoms with E-state index in [0.29, 0.717) is 5.56 Å². The van der Waals surface area contributed by atoms with Crippen molar-refractivity contribution in [3.05, 3.63) is 18.0 Å². The Bertz CT molecular complexity index is 295. The van der Waals surface area contributed by atoms with Gasteiger partial charge in [-0.1, -0.05) is 6.92 Å². The second kappa shape index (κ2) is 4.04. The van der Waals surface area contributed by atoms with Crippen LogP contribution in [0.15, 0.2) is 12.4 Å². The summed E-state index contributed by atoms with van der Waals surface area (Å²) in [5, 5.41) is 12.6. The Balaban J connectivity index is 2.73. The molecule has 0 fully saturated rings. The lowest BCUT2D eigenvalue weighted by Gasteiger charge is -2.01. The quantitative estimate of drug-likeness (QED) is 0.707. The average molecular weight is 183 g/mol.